The van der Waals surface area contributed by atoms with Gasteiger partial charge >= 0.3 is 12.2 Å². The Balaban J connectivity index is 1.74. The molecule has 0 saturated heterocycles. The number of alkyl halides is 3. The average Bonchev–Trinajstić information content (AvgIpc) is 3.27. The Kier molecular flexibility index (Phi) is 6.47. The third-order valence-corrected chi connectivity index (χ3v) is 4.37. The zero-order valence-corrected chi connectivity index (χ0v) is 16.5. The lowest BCUT2D eigenvalue weighted by Crippen LogP contribution is -2.42. The van der Waals surface area contributed by atoms with E-state index in [9.17, 15) is 22.4 Å². The SMILES string of the molecule is CCN(C(=O)c1cc(F)ccc1-n1nccn1)[C@@H](C)COc1ncc(C(F)(F)F)cn1. The van der Waals surface area contributed by atoms with Crippen LogP contribution in [0, 0.1) is 5.82 Å². The van der Waals surface area contributed by atoms with Gasteiger partial charge in [0, 0.05) is 18.9 Å². The van der Waals surface area contributed by atoms with Crippen molar-refractivity contribution in [2.24, 2.45) is 0 Å². The number of hydrogen-bond donors (Lipinski definition) is 0. The number of ether oxygens (including phenoxy) is 1. The summed E-state index contributed by atoms with van der Waals surface area (Å²) in [6, 6.07) is 2.91. The van der Waals surface area contributed by atoms with Crippen molar-refractivity contribution in [3.8, 4) is 11.7 Å². The van der Waals surface area contributed by atoms with Crippen molar-refractivity contribution in [2.75, 3.05) is 13.2 Å². The van der Waals surface area contributed by atoms with E-state index in [2.05, 4.69) is 20.2 Å². The van der Waals surface area contributed by atoms with Gasteiger partial charge in [-0.15, -0.1) is 0 Å². The van der Waals surface area contributed by atoms with Crippen molar-refractivity contribution in [3.05, 3.63) is 59.9 Å². The summed E-state index contributed by atoms with van der Waals surface area (Å²) < 4.78 is 57.0. The smallest absolute Gasteiger partial charge is 0.419 e. The summed E-state index contributed by atoms with van der Waals surface area (Å²) in [6.45, 7) is 3.58. The maximum absolute atomic E-state index is 13.9. The molecule has 3 aromatic rings. The monoisotopic (exact) mass is 438 g/mol. The molecular weight excluding hydrogens is 420 g/mol. The standard InChI is InChI=1S/C19H18F4N6O2/c1-3-28(12(2)11-31-18-24-9-13(10-25-18)19(21,22)23)17(30)15-8-14(20)4-5-16(15)29-26-6-7-27-29/h4-10,12H,3,11H2,1-2H3/t12-/m0/s1. The molecule has 12 heteroatoms. The molecule has 31 heavy (non-hydrogen) atoms. The van der Waals surface area contributed by atoms with Gasteiger partial charge in [0.15, 0.2) is 0 Å². The first-order valence-corrected chi connectivity index (χ1v) is 9.20. The zero-order chi connectivity index (χ0) is 22.6. The summed E-state index contributed by atoms with van der Waals surface area (Å²) >= 11 is 0. The van der Waals surface area contributed by atoms with Crippen molar-refractivity contribution in [1.82, 2.24) is 29.9 Å². The van der Waals surface area contributed by atoms with E-state index in [-0.39, 0.29) is 24.7 Å². The third-order valence-electron chi connectivity index (χ3n) is 4.37. The van der Waals surface area contributed by atoms with Gasteiger partial charge in [-0.05, 0) is 32.0 Å². The van der Waals surface area contributed by atoms with E-state index >= 15 is 0 Å². The van der Waals surface area contributed by atoms with Crippen LogP contribution in [0.15, 0.2) is 43.0 Å². The first kappa shape index (κ1) is 22.1. The van der Waals surface area contributed by atoms with Crippen LogP contribution >= 0.6 is 0 Å². The van der Waals surface area contributed by atoms with E-state index in [0.717, 1.165) is 6.07 Å². The number of hydrogen-bond acceptors (Lipinski definition) is 6. The molecule has 0 spiro atoms. The topological polar surface area (TPSA) is 86.0 Å². The number of rotatable bonds is 7. The number of likely N-dealkylation sites (N-methyl/N-ethyl adjacent to an activating group) is 1. The van der Waals surface area contributed by atoms with Gasteiger partial charge in [-0.1, -0.05) is 0 Å². The number of carbonyl (C=O) groups excluding carboxylic acids is 1. The van der Waals surface area contributed by atoms with Gasteiger partial charge < -0.3 is 9.64 Å². The molecule has 2 aromatic heterocycles. The fourth-order valence-electron chi connectivity index (χ4n) is 2.83. The van der Waals surface area contributed by atoms with Crippen molar-refractivity contribution in [1.29, 1.82) is 0 Å². The highest BCUT2D eigenvalue weighted by molar-refractivity contribution is 5.97. The molecule has 0 aliphatic carbocycles. The van der Waals surface area contributed by atoms with Gasteiger partial charge in [0.05, 0.1) is 35.2 Å². The van der Waals surface area contributed by atoms with Crippen LogP contribution in [0.2, 0.25) is 0 Å². The van der Waals surface area contributed by atoms with E-state index in [0.29, 0.717) is 18.1 Å². The maximum Gasteiger partial charge on any atom is 0.419 e. The van der Waals surface area contributed by atoms with E-state index < -0.39 is 29.5 Å². The largest absolute Gasteiger partial charge is 0.461 e. The predicted molar refractivity (Wildman–Crippen MR) is 100 cm³/mol. The molecule has 3 rings (SSSR count). The molecule has 8 nitrogen and oxygen atoms in total. The van der Waals surface area contributed by atoms with Crippen LogP contribution in [-0.2, 0) is 6.18 Å². The Morgan fingerprint density at radius 2 is 1.84 bits per heavy atom. The number of carbonyl (C=O) groups is 1. The highest BCUT2D eigenvalue weighted by Gasteiger charge is 2.31. The zero-order valence-electron chi connectivity index (χ0n) is 16.5. The Hall–Kier alpha value is -3.57. The Labute approximate surface area is 174 Å². The molecule has 0 unspecified atom stereocenters. The van der Waals surface area contributed by atoms with Crippen molar-refractivity contribution >= 4 is 5.91 Å². The second kappa shape index (κ2) is 9.06. The Bertz CT molecular complexity index is 1020. The van der Waals surface area contributed by atoms with Crippen LogP contribution in [-0.4, -0.2) is 55.0 Å². The summed E-state index contributed by atoms with van der Waals surface area (Å²) in [5, 5.41) is 7.96. The minimum Gasteiger partial charge on any atom is -0.461 e. The first-order valence-electron chi connectivity index (χ1n) is 9.20. The summed E-state index contributed by atoms with van der Waals surface area (Å²) in [5.74, 6) is -1.09. The van der Waals surface area contributed by atoms with Crippen molar-refractivity contribution in [2.45, 2.75) is 26.1 Å². The van der Waals surface area contributed by atoms with Gasteiger partial charge in [0.1, 0.15) is 12.4 Å². The number of nitrogens with zero attached hydrogens (tertiary/aromatic N) is 6. The maximum atomic E-state index is 13.9. The number of aromatic nitrogens is 5. The lowest BCUT2D eigenvalue weighted by molar-refractivity contribution is -0.138. The van der Waals surface area contributed by atoms with Gasteiger partial charge in [-0.3, -0.25) is 4.79 Å². The molecule has 1 aromatic carbocycles. The fourth-order valence-corrected chi connectivity index (χ4v) is 2.83. The third kappa shape index (κ3) is 5.13. The van der Waals surface area contributed by atoms with E-state index in [4.69, 9.17) is 4.74 Å². The molecule has 0 radical (unpaired) electrons. The average molecular weight is 438 g/mol. The lowest BCUT2D eigenvalue weighted by atomic mass is 10.1. The van der Waals surface area contributed by atoms with Gasteiger partial charge in [0.2, 0.25) is 0 Å². The normalized spacial score (nSPS) is 12.5. The highest BCUT2D eigenvalue weighted by Crippen LogP contribution is 2.28. The highest BCUT2D eigenvalue weighted by atomic mass is 19.4. The van der Waals surface area contributed by atoms with Gasteiger partial charge in [-0.2, -0.15) is 28.2 Å². The predicted octanol–water partition coefficient (Wildman–Crippen LogP) is 3.14. The quantitative estimate of drug-likeness (QED) is 0.527. The number of benzene rings is 1. The van der Waals surface area contributed by atoms with Gasteiger partial charge in [0.25, 0.3) is 5.91 Å². The van der Waals surface area contributed by atoms with Crippen LogP contribution < -0.4 is 4.74 Å². The minimum absolute atomic E-state index is 0.0516. The van der Waals surface area contributed by atoms with Crippen molar-refractivity contribution < 1.29 is 27.1 Å². The molecule has 0 fully saturated rings. The molecule has 0 N–H and O–H groups in total. The molecule has 0 saturated carbocycles. The Morgan fingerprint density at radius 1 is 1.19 bits per heavy atom. The molecule has 0 bridgehead atoms. The summed E-state index contributed by atoms with van der Waals surface area (Å²) in [7, 11) is 0. The lowest BCUT2D eigenvalue weighted by Gasteiger charge is -2.28. The number of halogens is 4. The summed E-state index contributed by atoms with van der Waals surface area (Å²) in [4.78, 5) is 22.8. The van der Waals surface area contributed by atoms with Gasteiger partial charge in [-0.25, -0.2) is 14.4 Å². The van der Waals surface area contributed by atoms with Crippen LogP contribution in [0.4, 0.5) is 17.6 Å². The van der Waals surface area contributed by atoms with E-state index in [1.165, 1.54) is 34.2 Å². The second-order valence-corrected chi connectivity index (χ2v) is 6.48. The fraction of sp³-hybridized carbons (Fsp3) is 0.316. The van der Waals surface area contributed by atoms with E-state index in [1.54, 1.807) is 13.8 Å². The molecule has 0 aliphatic rings. The molecular formula is C19H18F4N6O2. The molecule has 164 valence electrons. The summed E-state index contributed by atoms with van der Waals surface area (Å²) in [6.07, 6.45) is -0.466. The van der Waals surface area contributed by atoms with Crippen LogP contribution in [0.1, 0.15) is 29.8 Å². The van der Waals surface area contributed by atoms with Crippen molar-refractivity contribution in [3.63, 3.8) is 0 Å². The van der Waals surface area contributed by atoms with Crippen LogP contribution in [0.3, 0.4) is 0 Å². The second-order valence-electron chi connectivity index (χ2n) is 6.48. The van der Waals surface area contributed by atoms with E-state index in [1.807, 2.05) is 0 Å². The molecule has 1 amide bonds. The first-order chi connectivity index (χ1) is 14.7. The summed E-state index contributed by atoms with van der Waals surface area (Å²) in [5.41, 5.74) is -0.645. The molecule has 0 aliphatic heterocycles. The Morgan fingerprint density at radius 3 is 2.42 bits per heavy atom. The minimum atomic E-state index is -4.55. The molecule has 1 atom stereocenters. The van der Waals surface area contributed by atoms with Crippen LogP contribution in [0.5, 0.6) is 6.01 Å². The number of amides is 1. The van der Waals surface area contributed by atoms with Crippen LogP contribution in [0.25, 0.3) is 5.69 Å². The molecule has 2 heterocycles.